The number of amides is 3. The smallest absolute Gasteiger partial charge is 0.319 e. The molecule has 0 spiro atoms. The third-order valence-corrected chi connectivity index (χ3v) is 2.74. The van der Waals surface area contributed by atoms with Crippen LogP contribution in [0.4, 0.5) is 10.5 Å². The molecule has 3 amide bonds. The number of hydrogen-bond acceptors (Lipinski definition) is 3. The molecule has 6 nitrogen and oxygen atoms in total. The molecule has 0 unspecified atom stereocenters. The molecule has 2 rings (SSSR count). The number of hydrogen-bond donors (Lipinski definition) is 2. The summed E-state index contributed by atoms with van der Waals surface area (Å²) in [4.78, 5) is 22.5. The van der Waals surface area contributed by atoms with Crippen molar-refractivity contribution in [1.82, 2.24) is 10.6 Å². The molecule has 0 aliphatic rings. The Morgan fingerprint density at radius 3 is 2.27 bits per heavy atom. The molecular formula is C16H16N3O3. The van der Waals surface area contributed by atoms with Gasteiger partial charge in [0.15, 0.2) is 0 Å². The second-order valence-corrected chi connectivity index (χ2v) is 4.36. The van der Waals surface area contributed by atoms with E-state index in [0.29, 0.717) is 11.4 Å². The summed E-state index contributed by atoms with van der Waals surface area (Å²) in [6.45, 7) is -0.127. The Morgan fingerprint density at radius 2 is 1.64 bits per heavy atom. The van der Waals surface area contributed by atoms with Crippen LogP contribution in [-0.2, 0) is 4.79 Å². The first-order valence-corrected chi connectivity index (χ1v) is 6.68. The van der Waals surface area contributed by atoms with Crippen molar-refractivity contribution < 1.29 is 14.3 Å². The average molecular weight is 298 g/mol. The van der Waals surface area contributed by atoms with Gasteiger partial charge in [0, 0.05) is 12.7 Å². The van der Waals surface area contributed by atoms with Gasteiger partial charge in [0.2, 0.25) is 0 Å². The van der Waals surface area contributed by atoms with Crippen molar-refractivity contribution in [3.05, 3.63) is 54.6 Å². The predicted octanol–water partition coefficient (Wildman–Crippen LogP) is 2.36. The van der Waals surface area contributed by atoms with Crippen LogP contribution in [0.15, 0.2) is 54.6 Å². The van der Waals surface area contributed by atoms with Crippen molar-refractivity contribution in [2.24, 2.45) is 0 Å². The number of carbonyl (C=O) groups excluding carboxylic acids is 2. The highest BCUT2D eigenvalue weighted by atomic mass is 16.5. The molecule has 0 atom stereocenters. The number of urea groups is 1. The van der Waals surface area contributed by atoms with Crippen LogP contribution in [0.25, 0.3) is 0 Å². The van der Waals surface area contributed by atoms with Gasteiger partial charge in [-0.3, -0.25) is 10.1 Å². The number of carbonyl (C=O) groups is 2. The highest BCUT2D eigenvalue weighted by Gasteiger charge is 2.05. The molecular weight excluding hydrogens is 282 g/mol. The maximum absolute atomic E-state index is 11.6. The highest BCUT2D eigenvalue weighted by molar-refractivity contribution is 5.92. The fourth-order valence-corrected chi connectivity index (χ4v) is 1.64. The summed E-state index contributed by atoms with van der Waals surface area (Å²) in [5, 5.41) is 8.45. The Balaban J connectivity index is 1.86. The first-order valence-electron chi connectivity index (χ1n) is 6.68. The summed E-state index contributed by atoms with van der Waals surface area (Å²) < 4.78 is 5.65. The minimum atomic E-state index is -0.464. The van der Waals surface area contributed by atoms with Crippen LogP contribution in [0, 0.1) is 0 Å². The highest BCUT2D eigenvalue weighted by Crippen LogP contribution is 2.22. The van der Waals surface area contributed by atoms with Crippen LogP contribution in [0.5, 0.6) is 11.5 Å². The van der Waals surface area contributed by atoms with Crippen molar-refractivity contribution in [1.29, 1.82) is 0 Å². The summed E-state index contributed by atoms with van der Waals surface area (Å²) in [5.41, 5.74) is 0.596. The van der Waals surface area contributed by atoms with E-state index in [-0.39, 0.29) is 12.5 Å². The van der Waals surface area contributed by atoms with Crippen LogP contribution in [0.1, 0.15) is 0 Å². The number of para-hydroxylation sites is 1. The number of nitrogens with zero attached hydrogens (tertiary/aromatic N) is 1. The van der Waals surface area contributed by atoms with E-state index >= 15 is 0 Å². The monoisotopic (exact) mass is 298 g/mol. The van der Waals surface area contributed by atoms with Gasteiger partial charge in [-0.05, 0) is 36.4 Å². The van der Waals surface area contributed by atoms with Gasteiger partial charge in [0.25, 0.3) is 5.91 Å². The molecule has 0 aliphatic heterocycles. The van der Waals surface area contributed by atoms with Gasteiger partial charge >= 0.3 is 6.03 Å². The summed E-state index contributed by atoms with van der Waals surface area (Å²) in [5.74, 6) is 1.02. The Kier molecular flexibility index (Phi) is 5.37. The zero-order valence-corrected chi connectivity index (χ0v) is 12.1. The molecule has 22 heavy (non-hydrogen) atoms. The largest absolute Gasteiger partial charge is 0.457 e. The van der Waals surface area contributed by atoms with E-state index < -0.39 is 6.03 Å². The van der Waals surface area contributed by atoms with Gasteiger partial charge in [0.1, 0.15) is 18.0 Å². The van der Waals surface area contributed by atoms with Crippen LogP contribution < -0.4 is 20.7 Å². The molecule has 0 saturated carbocycles. The van der Waals surface area contributed by atoms with Gasteiger partial charge in [-0.2, -0.15) is 0 Å². The van der Waals surface area contributed by atoms with Crippen LogP contribution in [0.3, 0.4) is 0 Å². The van der Waals surface area contributed by atoms with Crippen molar-refractivity contribution in [2.45, 2.75) is 0 Å². The summed E-state index contributed by atoms with van der Waals surface area (Å²) >= 11 is 0. The van der Waals surface area contributed by atoms with E-state index in [2.05, 4.69) is 16.0 Å². The van der Waals surface area contributed by atoms with Crippen LogP contribution in [0.2, 0.25) is 0 Å². The molecule has 0 bridgehead atoms. The number of anilines is 1. The summed E-state index contributed by atoms with van der Waals surface area (Å²) in [7, 11) is 1.38. The topological polar surface area (TPSA) is 81.5 Å². The molecule has 0 fully saturated rings. The lowest BCUT2D eigenvalue weighted by atomic mass is 10.3. The van der Waals surface area contributed by atoms with Gasteiger partial charge in [0.05, 0.1) is 0 Å². The lowest BCUT2D eigenvalue weighted by molar-refractivity contribution is -0.119. The van der Waals surface area contributed by atoms with Gasteiger partial charge in [-0.1, -0.05) is 18.2 Å². The van der Waals surface area contributed by atoms with E-state index in [0.717, 1.165) is 5.75 Å². The van der Waals surface area contributed by atoms with Crippen molar-refractivity contribution in [3.63, 3.8) is 0 Å². The Bertz CT molecular complexity index is 627. The van der Waals surface area contributed by atoms with Crippen molar-refractivity contribution in [3.8, 4) is 11.5 Å². The minimum absolute atomic E-state index is 0.127. The zero-order chi connectivity index (χ0) is 15.8. The molecule has 2 aromatic carbocycles. The Labute approximate surface area is 128 Å². The predicted molar refractivity (Wildman–Crippen MR) is 83.0 cm³/mol. The number of nitrogens with one attached hydrogen (secondary N) is 2. The number of rotatable bonds is 5. The maximum atomic E-state index is 11.6. The van der Waals surface area contributed by atoms with Crippen LogP contribution >= 0.6 is 0 Å². The van der Waals surface area contributed by atoms with E-state index in [4.69, 9.17) is 4.74 Å². The lowest BCUT2D eigenvalue weighted by Crippen LogP contribution is -2.35. The van der Waals surface area contributed by atoms with Crippen molar-refractivity contribution in [2.75, 3.05) is 18.9 Å². The van der Waals surface area contributed by atoms with E-state index in [1.807, 2.05) is 30.3 Å². The lowest BCUT2D eigenvalue weighted by Gasteiger charge is -2.08. The molecule has 0 aromatic heterocycles. The summed E-state index contributed by atoms with van der Waals surface area (Å²) in [6.07, 6.45) is 0. The van der Waals surface area contributed by atoms with E-state index in [1.54, 1.807) is 24.3 Å². The zero-order valence-electron chi connectivity index (χ0n) is 12.1. The quantitative estimate of drug-likeness (QED) is 0.889. The fraction of sp³-hybridized carbons (Fsp3) is 0.125. The molecule has 113 valence electrons. The first kappa shape index (κ1) is 15.4. The Hall–Kier alpha value is -3.02. The third kappa shape index (κ3) is 4.82. The maximum Gasteiger partial charge on any atom is 0.319 e. The average Bonchev–Trinajstić information content (AvgIpc) is 2.55. The standard InChI is InChI=1S/C16H16N3O3/c1-17-15(20)11-18-16(21)19-12-7-9-14(10-8-12)22-13-5-3-2-4-6-13/h2-10H,11H2,1H3,(H2,18,19,21). The number of benzene rings is 2. The minimum Gasteiger partial charge on any atom is -0.457 e. The van der Waals surface area contributed by atoms with Crippen LogP contribution in [-0.4, -0.2) is 25.5 Å². The van der Waals surface area contributed by atoms with Gasteiger partial charge in [-0.15, -0.1) is 0 Å². The second kappa shape index (κ2) is 7.68. The van der Waals surface area contributed by atoms with E-state index in [9.17, 15) is 9.59 Å². The molecule has 0 aliphatic carbocycles. The molecule has 0 saturated heterocycles. The van der Waals surface area contributed by atoms with Gasteiger partial charge in [-0.25, -0.2) is 4.79 Å². The molecule has 2 aromatic rings. The third-order valence-electron chi connectivity index (χ3n) is 2.74. The number of likely N-dealkylation sites (N-methyl/N-ethyl adjacent to an activating group) is 1. The SMILES string of the molecule is C[N]C(=O)CNC(=O)Nc1ccc(Oc2ccccc2)cc1. The fourth-order valence-electron chi connectivity index (χ4n) is 1.64. The summed E-state index contributed by atoms with van der Waals surface area (Å²) in [6, 6.07) is 15.9. The van der Waals surface area contributed by atoms with Gasteiger partial charge < -0.3 is 15.4 Å². The molecule has 1 radical (unpaired) electrons. The Morgan fingerprint density at radius 1 is 1.00 bits per heavy atom. The second-order valence-electron chi connectivity index (χ2n) is 4.36. The molecule has 0 heterocycles. The van der Waals surface area contributed by atoms with E-state index in [1.165, 1.54) is 7.05 Å². The normalized spacial score (nSPS) is 9.68. The first-order chi connectivity index (χ1) is 10.7. The molecule has 6 heteroatoms. The molecule has 2 N–H and O–H groups in total. The number of ether oxygens (including phenoxy) is 1. The van der Waals surface area contributed by atoms with Crippen molar-refractivity contribution >= 4 is 17.6 Å².